The number of benzene rings is 2. The monoisotopic (exact) mass is 394 g/mol. The number of carbonyl (C=O) groups is 4. The number of hydrogen-bond donors (Lipinski definition) is 1. The van der Waals surface area contributed by atoms with Crippen molar-refractivity contribution >= 4 is 29.4 Å². The van der Waals surface area contributed by atoms with Crippen LogP contribution in [0.25, 0.3) is 0 Å². The Labute approximate surface area is 168 Å². The van der Waals surface area contributed by atoms with Gasteiger partial charge in [-0.05, 0) is 36.6 Å². The normalized spacial score (nSPS) is 12.7. The van der Waals surface area contributed by atoms with Gasteiger partial charge in [0.2, 0.25) is 0 Å². The van der Waals surface area contributed by atoms with Crippen molar-refractivity contribution in [1.29, 1.82) is 0 Å². The zero-order valence-electron chi connectivity index (χ0n) is 16.1. The van der Waals surface area contributed by atoms with E-state index < -0.39 is 11.9 Å². The Balaban J connectivity index is 1.41. The van der Waals surface area contributed by atoms with Crippen LogP contribution in [0.5, 0.6) is 0 Å². The van der Waals surface area contributed by atoms with E-state index in [2.05, 4.69) is 5.32 Å². The molecule has 3 amide bonds. The molecule has 0 bridgehead atoms. The third-order valence-corrected chi connectivity index (χ3v) is 4.68. The van der Waals surface area contributed by atoms with Crippen LogP contribution in [0.15, 0.2) is 48.5 Å². The lowest BCUT2D eigenvalue weighted by atomic mass is 10.1. The molecule has 0 aromatic heterocycles. The fourth-order valence-corrected chi connectivity index (χ4v) is 3.18. The van der Waals surface area contributed by atoms with Gasteiger partial charge in [0.25, 0.3) is 17.7 Å². The number of anilines is 1. The number of esters is 1. The second kappa shape index (κ2) is 9.14. The summed E-state index contributed by atoms with van der Waals surface area (Å²) in [6.45, 7) is 1.72. The van der Waals surface area contributed by atoms with Crippen LogP contribution in [0.4, 0.5) is 5.69 Å². The fourth-order valence-electron chi connectivity index (χ4n) is 3.18. The first-order valence-electron chi connectivity index (χ1n) is 9.50. The Morgan fingerprint density at radius 2 is 1.59 bits per heavy atom. The van der Waals surface area contributed by atoms with E-state index in [1.165, 1.54) is 0 Å². The number of para-hydroxylation sites is 1. The molecule has 0 fully saturated rings. The van der Waals surface area contributed by atoms with Crippen molar-refractivity contribution in [2.75, 3.05) is 18.5 Å². The van der Waals surface area contributed by atoms with Crippen LogP contribution < -0.4 is 5.32 Å². The number of nitrogens with zero attached hydrogens (tertiary/aromatic N) is 1. The molecule has 0 unspecified atom stereocenters. The van der Waals surface area contributed by atoms with Crippen LogP contribution in [-0.4, -0.2) is 41.7 Å². The second-order valence-corrected chi connectivity index (χ2v) is 6.63. The minimum absolute atomic E-state index is 0.00618. The molecule has 1 aliphatic rings. The number of ether oxygens (including phenoxy) is 1. The maximum Gasteiger partial charge on any atom is 0.306 e. The SMILES string of the molecule is CCc1ccccc1NC(=O)COC(=O)CCCN1C(=O)c2ccccc2C1=O. The molecule has 7 nitrogen and oxygen atoms in total. The molecule has 0 atom stereocenters. The smallest absolute Gasteiger partial charge is 0.306 e. The van der Waals surface area contributed by atoms with Crippen molar-refractivity contribution in [1.82, 2.24) is 4.90 Å². The van der Waals surface area contributed by atoms with E-state index in [1.807, 2.05) is 25.1 Å². The lowest BCUT2D eigenvalue weighted by Crippen LogP contribution is -2.31. The number of carbonyl (C=O) groups excluding carboxylic acids is 4. The van der Waals surface area contributed by atoms with E-state index in [9.17, 15) is 19.2 Å². The molecule has 3 rings (SSSR count). The molecule has 1 heterocycles. The molecule has 0 saturated carbocycles. The third-order valence-electron chi connectivity index (χ3n) is 4.68. The molecule has 0 spiro atoms. The van der Waals surface area contributed by atoms with Gasteiger partial charge >= 0.3 is 5.97 Å². The largest absolute Gasteiger partial charge is 0.456 e. The Morgan fingerprint density at radius 3 is 2.24 bits per heavy atom. The number of amides is 3. The summed E-state index contributed by atoms with van der Waals surface area (Å²) in [6.07, 6.45) is 1.05. The van der Waals surface area contributed by atoms with Crippen molar-refractivity contribution in [2.24, 2.45) is 0 Å². The van der Waals surface area contributed by atoms with Gasteiger partial charge in [-0.3, -0.25) is 24.1 Å². The van der Waals surface area contributed by atoms with Crippen LogP contribution in [-0.2, 0) is 20.7 Å². The van der Waals surface area contributed by atoms with Gasteiger partial charge in [-0.1, -0.05) is 37.3 Å². The average molecular weight is 394 g/mol. The van der Waals surface area contributed by atoms with Crippen molar-refractivity contribution in [2.45, 2.75) is 26.2 Å². The van der Waals surface area contributed by atoms with E-state index in [1.54, 1.807) is 30.3 Å². The first-order valence-corrected chi connectivity index (χ1v) is 9.50. The van der Waals surface area contributed by atoms with Gasteiger partial charge in [-0.15, -0.1) is 0 Å². The molecule has 1 N–H and O–H groups in total. The molecular formula is C22H22N2O5. The van der Waals surface area contributed by atoms with Gasteiger partial charge in [-0.2, -0.15) is 0 Å². The van der Waals surface area contributed by atoms with Gasteiger partial charge in [-0.25, -0.2) is 0 Å². The molecule has 0 radical (unpaired) electrons. The molecule has 2 aromatic rings. The minimum Gasteiger partial charge on any atom is -0.456 e. The second-order valence-electron chi connectivity index (χ2n) is 6.63. The predicted octanol–water partition coefficient (Wildman–Crippen LogP) is 2.81. The lowest BCUT2D eigenvalue weighted by Gasteiger charge is -2.13. The summed E-state index contributed by atoms with van der Waals surface area (Å²) in [5, 5.41) is 2.73. The summed E-state index contributed by atoms with van der Waals surface area (Å²) in [4.78, 5) is 49.5. The van der Waals surface area contributed by atoms with Crippen molar-refractivity contribution in [3.63, 3.8) is 0 Å². The van der Waals surface area contributed by atoms with Crippen molar-refractivity contribution < 1.29 is 23.9 Å². The quantitative estimate of drug-likeness (QED) is 0.549. The first-order chi connectivity index (χ1) is 14.0. The van der Waals surface area contributed by atoms with E-state index in [4.69, 9.17) is 4.74 Å². The Morgan fingerprint density at radius 1 is 0.966 bits per heavy atom. The maximum atomic E-state index is 12.3. The number of imide groups is 1. The fraction of sp³-hybridized carbons (Fsp3) is 0.273. The maximum absolute atomic E-state index is 12.3. The van der Waals surface area contributed by atoms with Crippen molar-refractivity contribution in [3.05, 3.63) is 65.2 Å². The molecule has 7 heteroatoms. The zero-order chi connectivity index (χ0) is 20.8. The molecule has 2 aromatic carbocycles. The topological polar surface area (TPSA) is 92.8 Å². The predicted molar refractivity (Wildman–Crippen MR) is 106 cm³/mol. The summed E-state index contributed by atoms with van der Waals surface area (Å²) in [5.74, 6) is -1.68. The molecule has 1 aliphatic heterocycles. The summed E-state index contributed by atoms with van der Waals surface area (Å²) >= 11 is 0. The van der Waals surface area contributed by atoms with Gasteiger partial charge in [0.15, 0.2) is 6.61 Å². The van der Waals surface area contributed by atoms with E-state index in [0.717, 1.165) is 16.9 Å². The third kappa shape index (κ3) is 4.68. The lowest BCUT2D eigenvalue weighted by molar-refractivity contribution is -0.147. The van der Waals surface area contributed by atoms with Gasteiger partial charge < -0.3 is 10.1 Å². The van der Waals surface area contributed by atoms with E-state index in [0.29, 0.717) is 16.8 Å². The Hall–Kier alpha value is -3.48. The summed E-state index contributed by atoms with van der Waals surface area (Å²) < 4.78 is 4.99. The molecule has 0 saturated heterocycles. The number of fused-ring (bicyclic) bond motifs is 1. The van der Waals surface area contributed by atoms with Crippen LogP contribution >= 0.6 is 0 Å². The van der Waals surface area contributed by atoms with Gasteiger partial charge in [0.1, 0.15) is 0 Å². The standard InChI is InChI=1S/C22H22N2O5/c1-2-15-8-3-6-11-18(15)23-19(25)14-29-20(26)12-7-13-24-21(27)16-9-4-5-10-17(16)22(24)28/h3-6,8-11H,2,7,12-14H2,1H3,(H,23,25). The van der Waals surface area contributed by atoms with Crippen LogP contribution in [0, 0.1) is 0 Å². The summed E-state index contributed by atoms with van der Waals surface area (Å²) in [7, 11) is 0. The first kappa shape index (κ1) is 20.3. The zero-order valence-corrected chi connectivity index (χ0v) is 16.1. The Kier molecular flexibility index (Phi) is 6.39. The number of rotatable bonds is 8. The highest BCUT2D eigenvalue weighted by Gasteiger charge is 2.34. The van der Waals surface area contributed by atoms with Gasteiger partial charge in [0.05, 0.1) is 11.1 Å². The number of nitrogens with one attached hydrogen (secondary N) is 1. The van der Waals surface area contributed by atoms with Crippen LogP contribution in [0.3, 0.4) is 0 Å². The highest BCUT2D eigenvalue weighted by atomic mass is 16.5. The van der Waals surface area contributed by atoms with E-state index >= 15 is 0 Å². The van der Waals surface area contributed by atoms with Crippen LogP contribution in [0.2, 0.25) is 0 Å². The Bertz CT molecular complexity index is 919. The molecule has 29 heavy (non-hydrogen) atoms. The average Bonchev–Trinajstić information content (AvgIpc) is 2.98. The molecule has 0 aliphatic carbocycles. The molecule has 150 valence electrons. The molecular weight excluding hydrogens is 372 g/mol. The van der Waals surface area contributed by atoms with Crippen molar-refractivity contribution in [3.8, 4) is 0 Å². The number of hydrogen-bond acceptors (Lipinski definition) is 5. The highest BCUT2D eigenvalue weighted by molar-refractivity contribution is 6.21. The van der Waals surface area contributed by atoms with E-state index in [-0.39, 0.29) is 37.8 Å². The minimum atomic E-state index is -0.555. The highest BCUT2D eigenvalue weighted by Crippen LogP contribution is 2.22. The number of aryl methyl sites for hydroxylation is 1. The van der Waals surface area contributed by atoms with Crippen LogP contribution in [0.1, 0.15) is 46.0 Å². The van der Waals surface area contributed by atoms with Gasteiger partial charge in [0, 0.05) is 18.7 Å². The summed E-state index contributed by atoms with van der Waals surface area (Å²) in [6, 6.07) is 14.0. The summed E-state index contributed by atoms with van der Waals surface area (Å²) in [5.41, 5.74) is 2.45.